The van der Waals surface area contributed by atoms with Crippen LogP contribution in [0.4, 0.5) is 4.79 Å². The highest BCUT2D eigenvalue weighted by atomic mass is 32.2. The summed E-state index contributed by atoms with van der Waals surface area (Å²) in [5.41, 5.74) is -1.96. The monoisotopic (exact) mass is 335 g/mol. The number of likely N-dealkylation sites (tertiary alicyclic amines) is 1. The average molecular weight is 335 g/mol. The Kier molecular flexibility index (Phi) is 5.48. The van der Waals surface area contributed by atoms with Crippen LogP contribution in [0.25, 0.3) is 0 Å². The van der Waals surface area contributed by atoms with E-state index in [1.54, 1.807) is 20.8 Å². The minimum absolute atomic E-state index is 0.0117. The van der Waals surface area contributed by atoms with E-state index < -0.39 is 33.0 Å². The lowest BCUT2D eigenvalue weighted by Crippen LogP contribution is -2.55. The number of hydrogen-bond donors (Lipinski definition) is 0. The van der Waals surface area contributed by atoms with Crippen molar-refractivity contribution in [2.75, 3.05) is 25.7 Å². The van der Waals surface area contributed by atoms with Crippen LogP contribution in [0.1, 0.15) is 40.0 Å². The maximum Gasteiger partial charge on any atom is 0.411 e. The molecule has 0 saturated carbocycles. The molecule has 1 amide bonds. The fourth-order valence-electron chi connectivity index (χ4n) is 2.58. The van der Waals surface area contributed by atoms with E-state index in [0.717, 1.165) is 6.26 Å². The molecule has 0 aromatic heterocycles. The Labute approximate surface area is 131 Å². The first kappa shape index (κ1) is 18.7. The molecule has 7 nitrogen and oxygen atoms in total. The highest BCUT2D eigenvalue weighted by Gasteiger charge is 2.52. The normalized spacial score (nSPS) is 22.5. The van der Waals surface area contributed by atoms with Gasteiger partial charge in [0.25, 0.3) is 0 Å². The molecule has 1 aliphatic rings. The molecule has 22 heavy (non-hydrogen) atoms. The molecule has 1 heterocycles. The van der Waals surface area contributed by atoms with Gasteiger partial charge in [-0.1, -0.05) is 0 Å². The van der Waals surface area contributed by atoms with E-state index in [9.17, 15) is 18.0 Å². The van der Waals surface area contributed by atoms with Crippen LogP contribution in [0.15, 0.2) is 0 Å². The van der Waals surface area contributed by atoms with Gasteiger partial charge >= 0.3 is 12.1 Å². The first-order chi connectivity index (χ1) is 9.91. The number of rotatable bonds is 4. The lowest BCUT2D eigenvalue weighted by atomic mass is 9.93. The molecule has 0 spiro atoms. The molecular formula is C14H25NO6S. The molecule has 0 aromatic rings. The number of carbonyl (C=O) groups excluding carboxylic acids is 2. The van der Waals surface area contributed by atoms with Gasteiger partial charge in [0.2, 0.25) is 0 Å². The van der Waals surface area contributed by atoms with Crippen LogP contribution in [0.2, 0.25) is 0 Å². The van der Waals surface area contributed by atoms with Gasteiger partial charge in [0, 0.05) is 12.8 Å². The molecule has 128 valence electrons. The first-order valence-electron chi connectivity index (χ1n) is 7.18. The van der Waals surface area contributed by atoms with E-state index in [0.29, 0.717) is 19.4 Å². The first-order valence-corrected chi connectivity index (χ1v) is 9.24. The van der Waals surface area contributed by atoms with Gasteiger partial charge < -0.3 is 9.47 Å². The fourth-order valence-corrected chi connectivity index (χ4v) is 3.29. The van der Waals surface area contributed by atoms with E-state index in [4.69, 9.17) is 9.47 Å². The Morgan fingerprint density at radius 3 is 2.32 bits per heavy atom. The van der Waals surface area contributed by atoms with Crippen molar-refractivity contribution in [3.8, 4) is 0 Å². The maximum absolute atomic E-state index is 12.4. The van der Waals surface area contributed by atoms with E-state index in [1.807, 2.05) is 0 Å². The Morgan fingerprint density at radius 1 is 1.27 bits per heavy atom. The molecule has 1 aliphatic heterocycles. The Morgan fingerprint density at radius 2 is 1.86 bits per heavy atom. The lowest BCUT2D eigenvalue weighted by Gasteiger charge is -2.36. The highest BCUT2D eigenvalue weighted by Crippen LogP contribution is 2.35. The zero-order chi connectivity index (χ0) is 17.2. The van der Waals surface area contributed by atoms with Crippen molar-refractivity contribution >= 4 is 21.9 Å². The van der Waals surface area contributed by atoms with Crippen LogP contribution in [0, 0.1) is 0 Å². The van der Waals surface area contributed by atoms with Crippen LogP contribution in [-0.2, 0) is 24.1 Å². The topological polar surface area (TPSA) is 90.0 Å². The molecule has 0 bridgehead atoms. The molecule has 1 fully saturated rings. The third-order valence-corrected chi connectivity index (χ3v) is 4.50. The van der Waals surface area contributed by atoms with Crippen molar-refractivity contribution in [1.29, 1.82) is 0 Å². The molecule has 0 aliphatic carbocycles. The summed E-state index contributed by atoms with van der Waals surface area (Å²) in [4.78, 5) is 25.9. The summed E-state index contributed by atoms with van der Waals surface area (Å²) in [6, 6.07) is 0. The zero-order valence-electron chi connectivity index (χ0n) is 13.8. The number of methoxy groups -OCH3 is 1. The third-order valence-electron chi connectivity index (χ3n) is 3.55. The lowest BCUT2D eigenvalue weighted by molar-refractivity contribution is -0.153. The Bertz CT molecular complexity index is 536. The second kappa shape index (κ2) is 6.44. The molecule has 8 heteroatoms. The van der Waals surface area contributed by atoms with Crippen molar-refractivity contribution in [3.05, 3.63) is 0 Å². The molecule has 0 aromatic carbocycles. The maximum atomic E-state index is 12.4. The quantitative estimate of drug-likeness (QED) is 0.721. The van der Waals surface area contributed by atoms with Gasteiger partial charge in [0.15, 0.2) is 0 Å². The van der Waals surface area contributed by atoms with Crippen molar-refractivity contribution < 1.29 is 27.5 Å². The summed E-state index contributed by atoms with van der Waals surface area (Å²) >= 11 is 0. The molecular weight excluding hydrogens is 310 g/mol. The van der Waals surface area contributed by atoms with Crippen molar-refractivity contribution in [1.82, 2.24) is 4.90 Å². The molecule has 1 atom stereocenters. The van der Waals surface area contributed by atoms with Gasteiger partial charge in [-0.15, -0.1) is 0 Å². The summed E-state index contributed by atoms with van der Waals surface area (Å²) in [5, 5.41) is 0. The summed E-state index contributed by atoms with van der Waals surface area (Å²) in [7, 11) is -2.03. The van der Waals surface area contributed by atoms with E-state index in [-0.39, 0.29) is 12.2 Å². The van der Waals surface area contributed by atoms with Gasteiger partial charge in [-0.3, -0.25) is 4.90 Å². The SMILES string of the molecule is COC(=O)C1(CCS(C)(=O)=O)CCCN1C(=O)OC(C)(C)C. The smallest absolute Gasteiger partial charge is 0.411 e. The van der Waals surface area contributed by atoms with E-state index >= 15 is 0 Å². The fraction of sp³-hybridized carbons (Fsp3) is 0.857. The number of esters is 1. The largest absolute Gasteiger partial charge is 0.467 e. The standard InChI is InChI=1S/C14H25NO6S/c1-13(2,3)21-12(17)15-9-6-7-14(15,11(16)20-4)8-10-22(5,18)19/h6-10H2,1-5H3. The van der Waals surface area contributed by atoms with E-state index in [2.05, 4.69) is 0 Å². The van der Waals surface area contributed by atoms with Crippen molar-refractivity contribution in [3.63, 3.8) is 0 Å². The van der Waals surface area contributed by atoms with Crippen molar-refractivity contribution in [2.45, 2.75) is 51.2 Å². The zero-order valence-corrected chi connectivity index (χ0v) is 14.7. The van der Waals surface area contributed by atoms with Crippen LogP contribution >= 0.6 is 0 Å². The molecule has 0 N–H and O–H groups in total. The summed E-state index contributed by atoms with van der Waals surface area (Å²) in [5.74, 6) is -0.791. The van der Waals surface area contributed by atoms with Gasteiger partial charge in [0.1, 0.15) is 21.0 Å². The number of nitrogens with zero attached hydrogens (tertiary/aromatic N) is 1. The second-order valence-corrected chi connectivity index (χ2v) is 8.90. The minimum Gasteiger partial charge on any atom is -0.467 e. The molecule has 1 unspecified atom stereocenters. The summed E-state index contributed by atoms with van der Waals surface area (Å²) < 4.78 is 33.1. The summed E-state index contributed by atoms with van der Waals surface area (Å²) in [6.07, 6.45) is 1.46. The predicted octanol–water partition coefficient (Wildman–Crippen LogP) is 1.36. The van der Waals surface area contributed by atoms with Crippen molar-refractivity contribution in [2.24, 2.45) is 0 Å². The minimum atomic E-state index is -3.26. The second-order valence-electron chi connectivity index (χ2n) is 6.64. The highest BCUT2D eigenvalue weighted by molar-refractivity contribution is 7.90. The average Bonchev–Trinajstić information content (AvgIpc) is 2.77. The Balaban J connectivity index is 3.07. The van der Waals surface area contributed by atoms with Gasteiger partial charge in [-0.2, -0.15) is 0 Å². The van der Waals surface area contributed by atoms with E-state index in [1.165, 1.54) is 12.0 Å². The molecule has 1 saturated heterocycles. The van der Waals surface area contributed by atoms with Crippen LogP contribution < -0.4 is 0 Å². The van der Waals surface area contributed by atoms with Gasteiger partial charge in [-0.25, -0.2) is 18.0 Å². The number of sulfone groups is 1. The summed E-state index contributed by atoms with van der Waals surface area (Å²) in [6.45, 7) is 5.54. The third kappa shape index (κ3) is 4.59. The molecule has 0 radical (unpaired) electrons. The number of amides is 1. The van der Waals surface area contributed by atoms with Gasteiger partial charge in [-0.05, 0) is 40.0 Å². The molecule has 1 rings (SSSR count). The predicted molar refractivity (Wildman–Crippen MR) is 81.2 cm³/mol. The Hall–Kier alpha value is -1.31. The van der Waals surface area contributed by atoms with Crippen LogP contribution in [-0.4, -0.2) is 62.2 Å². The number of carbonyl (C=O) groups is 2. The van der Waals surface area contributed by atoms with Crippen LogP contribution in [0.3, 0.4) is 0 Å². The van der Waals surface area contributed by atoms with Crippen LogP contribution in [0.5, 0.6) is 0 Å². The number of ether oxygens (including phenoxy) is 2. The number of hydrogen-bond acceptors (Lipinski definition) is 6. The van der Waals surface area contributed by atoms with Gasteiger partial charge in [0.05, 0.1) is 12.9 Å².